The van der Waals surface area contributed by atoms with Gasteiger partial charge in [-0.2, -0.15) is 10.4 Å². The molecular formula is C25H20N6O2. The number of carbonyl (C=O) groups excluding carboxylic acids is 1. The number of hydrogen-bond donors (Lipinski definition) is 3. The maximum atomic E-state index is 12.8. The van der Waals surface area contributed by atoms with E-state index in [0.717, 1.165) is 16.8 Å². The molecule has 3 N–H and O–H groups in total. The molecule has 0 aliphatic carbocycles. The van der Waals surface area contributed by atoms with Gasteiger partial charge in [0.25, 0.3) is 11.5 Å². The van der Waals surface area contributed by atoms with Crippen LogP contribution in [0.15, 0.2) is 78.0 Å². The van der Waals surface area contributed by atoms with E-state index in [1.165, 1.54) is 6.20 Å². The summed E-state index contributed by atoms with van der Waals surface area (Å²) >= 11 is 0. The maximum Gasteiger partial charge on any atom is 0.257 e. The van der Waals surface area contributed by atoms with Gasteiger partial charge in [-0.1, -0.05) is 30.3 Å². The summed E-state index contributed by atoms with van der Waals surface area (Å²) < 4.78 is 1.68. The fourth-order valence-corrected chi connectivity index (χ4v) is 4.02. The van der Waals surface area contributed by atoms with E-state index in [1.807, 2.05) is 36.4 Å². The van der Waals surface area contributed by atoms with Crippen LogP contribution in [0.1, 0.15) is 38.7 Å². The number of aromatic amines is 1. The molecule has 1 amide bonds. The Labute approximate surface area is 189 Å². The maximum absolute atomic E-state index is 12.8. The molecule has 1 aliphatic heterocycles. The van der Waals surface area contributed by atoms with Crippen LogP contribution < -0.4 is 16.2 Å². The van der Waals surface area contributed by atoms with E-state index < -0.39 is 0 Å². The van der Waals surface area contributed by atoms with E-state index in [0.29, 0.717) is 35.3 Å². The number of aromatic nitrogens is 3. The summed E-state index contributed by atoms with van der Waals surface area (Å²) in [4.78, 5) is 28.0. The second-order valence-electron chi connectivity index (χ2n) is 7.92. The van der Waals surface area contributed by atoms with Gasteiger partial charge in [0.05, 0.1) is 41.7 Å². The Morgan fingerprint density at radius 2 is 2.09 bits per heavy atom. The summed E-state index contributed by atoms with van der Waals surface area (Å²) in [6.07, 6.45) is 5.39. The summed E-state index contributed by atoms with van der Waals surface area (Å²) in [6, 6.07) is 18.8. The molecule has 8 heteroatoms. The van der Waals surface area contributed by atoms with Gasteiger partial charge in [-0.05, 0) is 41.8 Å². The first-order valence-corrected chi connectivity index (χ1v) is 10.5. The number of H-pyrrole nitrogens is 1. The van der Waals surface area contributed by atoms with Crippen LogP contribution in [0.3, 0.4) is 0 Å². The molecule has 0 saturated carbocycles. The first-order chi connectivity index (χ1) is 16.1. The van der Waals surface area contributed by atoms with Crippen molar-refractivity contribution >= 4 is 17.3 Å². The second-order valence-corrected chi connectivity index (χ2v) is 7.92. The van der Waals surface area contributed by atoms with Crippen molar-refractivity contribution in [2.45, 2.75) is 19.0 Å². The fourth-order valence-electron chi connectivity index (χ4n) is 4.02. The molecule has 0 fully saturated rings. The van der Waals surface area contributed by atoms with Crippen molar-refractivity contribution in [1.29, 1.82) is 5.26 Å². The van der Waals surface area contributed by atoms with Crippen LogP contribution in [0.4, 0.5) is 11.4 Å². The van der Waals surface area contributed by atoms with Crippen LogP contribution in [0.5, 0.6) is 0 Å². The van der Waals surface area contributed by atoms with Gasteiger partial charge < -0.3 is 15.6 Å². The molecule has 0 bridgehead atoms. The third-order valence-electron chi connectivity index (χ3n) is 5.63. The second kappa shape index (κ2) is 8.48. The van der Waals surface area contributed by atoms with E-state index in [1.54, 1.807) is 35.3 Å². The summed E-state index contributed by atoms with van der Waals surface area (Å²) in [5.41, 5.74) is 4.87. The Bertz CT molecular complexity index is 1420. The highest BCUT2D eigenvalue weighted by atomic mass is 16.2. The van der Waals surface area contributed by atoms with E-state index >= 15 is 0 Å². The number of nitriles is 1. The highest BCUT2D eigenvalue weighted by molar-refractivity contribution is 6.04. The molecule has 0 radical (unpaired) electrons. The van der Waals surface area contributed by atoms with Crippen LogP contribution in [0.2, 0.25) is 0 Å². The number of carbonyl (C=O) groups is 1. The molecule has 8 nitrogen and oxygen atoms in total. The zero-order valence-electron chi connectivity index (χ0n) is 17.6. The Morgan fingerprint density at radius 1 is 1.21 bits per heavy atom. The minimum Gasteiger partial charge on any atom is -0.377 e. The molecular weight excluding hydrogens is 416 g/mol. The normalized spacial score (nSPS) is 14.2. The number of amides is 1. The molecule has 2 aromatic carbocycles. The molecule has 0 saturated heterocycles. The van der Waals surface area contributed by atoms with Gasteiger partial charge in [0.2, 0.25) is 0 Å². The topological polar surface area (TPSA) is 116 Å². The predicted molar refractivity (Wildman–Crippen MR) is 124 cm³/mol. The van der Waals surface area contributed by atoms with Crippen LogP contribution >= 0.6 is 0 Å². The van der Waals surface area contributed by atoms with Gasteiger partial charge in [0.1, 0.15) is 0 Å². The van der Waals surface area contributed by atoms with Crippen molar-refractivity contribution in [2.24, 2.45) is 0 Å². The van der Waals surface area contributed by atoms with Gasteiger partial charge >= 0.3 is 0 Å². The molecule has 2 aromatic heterocycles. The van der Waals surface area contributed by atoms with E-state index in [-0.39, 0.29) is 17.5 Å². The lowest BCUT2D eigenvalue weighted by atomic mass is 10.0. The van der Waals surface area contributed by atoms with Gasteiger partial charge in [0.15, 0.2) is 0 Å². The Morgan fingerprint density at radius 3 is 2.94 bits per heavy atom. The minimum atomic E-state index is -0.339. The summed E-state index contributed by atoms with van der Waals surface area (Å²) in [7, 11) is 0. The van der Waals surface area contributed by atoms with Gasteiger partial charge in [0, 0.05) is 23.6 Å². The quantitative estimate of drug-likeness (QED) is 0.443. The largest absolute Gasteiger partial charge is 0.377 e. The van der Waals surface area contributed by atoms with Crippen LogP contribution in [0, 0.1) is 11.3 Å². The number of para-hydroxylation sites is 1. The molecule has 1 atom stereocenters. The average Bonchev–Trinajstić information content (AvgIpc) is 3.46. The lowest BCUT2D eigenvalue weighted by molar-refractivity contribution is 0.102. The van der Waals surface area contributed by atoms with Crippen molar-refractivity contribution in [3.05, 3.63) is 111 Å². The Hall–Kier alpha value is -4.64. The molecule has 4 aromatic rings. The van der Waals surface area contributed by atoms with Crippen molar-refractivity contribution in [1.82, 2.24) is 14.8 Å². The molecule has 162 valence electrons. The number of pyridine rings is 1. The first kappa shape index (κ1) is 20.3. The van der Waals surface area contributed by atoms with Crippen molar-refractivity contribution in [2.75, 3.05) is 10.6 Å². The average molecular weight is 436 g/mol. The number of hydrogen-bond acceptors (Lipinski definition) is 5. The molecule has 1 aliphatic rings. The van der Waals surface area contributed by atoms with Gasteiger partial charge in [-0.3, -0.25) is 14.3 Å². The third-order valence-corrected chi connectivity index (χ3v) is 5.63. The Balaban J connectivity index is 1.29. The first-order valence-electron chi connectivity index (χ1n) is 10.5. The number of nitrogens with one attached hydrogen (secondary N) is 3. The van der Waals surface area contributed by atoms with E-state index in [2.05, 4.69) is 26.8 Å². The highest BCUT2D eigenvalue weighted by Gasteiger charge is 2.24. The third kappa shape index (κ3) is 4.25. The van der Waals surface area contributed by atoms with Crippen LogP contribution in [-0.4, -0.2) is 20.7 Å². The molecule has 33 heavy (non-hydrogen) atoms. The predicted octanol–water partition coefficient (Wildman–Crippen LogP) is 3.45. The number of benzene rings is 2. The number of nitrogens with zero attached hydrogens (tertiary/aromatic N) is 3. The monoisotopic (exact) mass is 436 g/mol. The summed E-state index contributed by atoms with van der Waals surface area (Å²) in [6.45, 7) is 0.474. The van der Waals surface area contributed by atoms with Gasteiger partial charge in [-0.15, -0.1) is 0 Å². The SMILES string of the molecule is N#Cc1cccc(Cn2cc(NC(=O)c3c[nH]c(=O)c(C4Cc5ccccc5N4)c3)cn2)c1. The summed E-state index contributed by atoms with van der Waals surface area (Å²) in [5, 5.41) is 19.5. The minimum absolute atomic E-state index is 0.189. The zero-order valence-corrected chi connectivity index (χ0v) is 17.6. The van der Waals surface area contributed by atoms with Crippen molar-refractivity contribution < 1.29 is 4.79 Å². The van der Waals surface area contributed by atoms with Gasteiger partial charge in [-0.25, -0.2) is 0 Å². The van der Waals surface area contributed by atoms with Crippen LogP contribution in [-0.2, 0) is 13.0 Å². The molecule has 1 unspecified atom stereocenters. The molecule has 3 heterocycles. The number of anilines is 2. The fraction of sp³-hybridized carbons (Fsp3) is 0.120. The number of fused-ring (bicyclic) bond motifs is 1. The summed E-state index contributed by atoms with van der Waals surface area (Å²) in [5.74, 6) is -0.339. The molecule has 5 rings (SSSR count). The van der Waals surface area contributed by atoms with Crippen LogP contribution in [0.25, 0.3) is 0 Å². The lowest BCUT2D eigenvalue weighted by Crippen LogP contribution is -2.22. The van der Waals surface area contributed by atoms with Crippen molar-refractivity contribution in [3.63, 3.8) is 0 Å². The highest BCUT2D eigenvalue weighted by Crippen LogP contribution is 2.32. The van der Waals surface area contributed by atoms with Crippen molar-refractivity contribution in [3.8, 4) is 6.07 Å². The Kier molecular flexibility index (Phi) is 5.21. The number of rotatable bonds is 5. The lowest BCUT2D eigenvalue weighted by Gasteiger charge is -2.12. The molecule has 0 spiro atoms. The van der Waals surface area contributed by atoms with E-state index in [9.17, 15) is 9.59 Å². The zero-order chi connectivity index (χ0) is 22.8. The van der Waals surface area contributed by atoms with E-state index in [4.69, 9.17) is 5.26 Å². The smallest absolute Gasteiger partial charge is 0.257 e. The standard InChI is InChI=1S/C25H20N6O2/c26-11-16-4-3-5-17(8-16)14-31-15-20(13-28-31)29-24(32)19-9-21(25(33)27-12-19)23-10-18-6-1-2-7-22(18)30-23/h1-9,12-13,15,23,30H,10,14H2,(H,27,33)(H,29,32).